The summed E-state index contributed by atoms with van der Waals surface area (Å²) in [6.07, 6.45) is -0.250. The van der Waals surface area contributed by atoms with Gasteiger partial charge in [-0.25, -0.2) is 9.98 Å². The van der Waals surface area contributed by atoms with Gasteiger partial charge >= 0.3 is 0 Å². The second-order valence-electron chi connectivity index (χ2n) is 13.0. The number of hydrogen-bond acceptors (Lipinski definition) is 4. The summed E-state index contributed by atoms with van der Waals surface area (Å²) in [7, 11) is 2.10. The van der Waals surface area contributed by atoms with Gasteiger partial charge in [0.25, 0.3) is 0 Å². The molecule has 0 saturated heterocycles. The van der Waals surface area contributed by atoms with Gasteiger partial charge in [0.2, 0.25) is 0 Å². The van der Waals surface area contributed by atoms with Crippen LogP contribution in [0.15, 0.2) is 198 Å². The first-order valence-corrected chi connectivity index (χ1v) is 18.2. The van der Waals surface area contributed by atoms with E-state index in [0.29, 0.717) is 0 Å². The van der Waals surface area contributed by atoms with Gasteiger partial charge in [-0.15, -0.1) is 11.3 Å². The summed E-state index contributed by atoms with van der Waals surface area (Å²) in [6.45, 7) is 0. The van der Waals surface area contributed by atoms with Crippen molar-refractivity contribution in [3.8, 4) is 0 Å². The Labute approximate surface area is 302 Å². The molecule has 244 valence electrons. The lowest BCUT2D eigenvalue weighted by molar-refractivity contribution is 0.383. The molecule has 0 bridgehead atoms. The molecule has 4 heteroatoms. The van der Waals surface area contributed by atoms with E-state index in [4.69, 9.17) is 9.98 Å². The van der Waals surface area contributed by atoms with Crippen LogP contribution in [0, 0.1) is 0 Å². The van der Waals surface area contributed by atoms with Gasteiger partial charge in [0, 0.05) is 38.3 Å². The summed E-state index contributed by atoms with van der Waals surface area (Å²) in [6, 6.07) is 67.3. The maximum absolute atomic E-state index is 5.52. The van der Waals surface area contributed by atoms with E-state index >= 15 is 0 Å². The van der Waals surface area contributed by atoms with E-state index in [1.54, 1.807) is 0 Å². The number of nitrogens with zero attached hydrogens (tertiary/aromatic N) is 3. The molecule has 0 N–H and O–H groups in total. The highest BCUT2D eigenvalue weighted by molar-refractivity contribution is 7.25. The molecule has 8 aromatic rings. The Balaban J connectivity index is 1.41. The normalized spacial score (nSPS) is 14.8. The summed E-state index contributed by atoms with van der Waals surface area (Å²) in [5.74, 6) is 1.63. The number of benzene rings is 7. The predicted molar refractivity (Wildman–Crippen MR) is 214 cm³/mol. The van der Waals surface area contributed by atoms with Crippen molar-refractivity contribution in [3.63, 3.8) is 0 Å². The minimum Gasteiger partial charge on any atom is -0.333 e. The largest absolute Gasteiger partial charge is 0.333 e. The molecular weight excluding hydrogens is 639 g/mol. The second kappa shape index (κ2) is 13.0. The molecule has 0 spiro atoms. The highest BCUT2D eigenvalue weighted by Gasteiger charge is 2.39. The van der Waals surface area contributed by atoms with Crippen LogP contribution < -0.4 is 0 Å². The molecule has 0 aliphatic carbocycles. The zero-order valence-corrected chi connectivity index (χ0v) is 29.0. The number of rotatable bonds is 7. The Hall–Kier alpha value is -6.10. The van der Waals surface area contributed by atoms with E-state index in [9.17, 15) is 0 Å². The van der Waals surface area contributed by atoms with Crippen molar-refractivity contribution in [1.29, 1.82) is 0 Å². The lowest BCUT2D eigenvalue weighted by Crippen LogP contribution is -2.36. The minimum atomic E-state index is -0.611. The third-order valence-electron chi connectivity index (χ3n) is 10.1. The molecule has 3 nitrogen and oxygen atoms in total. The van der Waals surface area contributed by atoms with Gasteiger partial charge in [-0.3, -0.25) is 0 Å². The standard InChI is InChI=1S/C47H35N3S/c1-50-45(33-19-7-2-8-20-33)48-44(49-46(50)34-21-9-3-10-22-34)40-31-38(32-42-43(40)39-29-17-18-30-41(39)51-42)47(35-23-11-4-12-24-35,36-25-13-5-14-26-36)37-27-15-6-16-28-37/h2-32,45H,1H3. The van der Waals surface area contributed by atoms with Crippen LogP contribution in [0.3, 0.4) is 0 Å². The molecule has 1 aliphatic heterocycles. The molecule has 1 atom stereocenters. The molecule has 51 heavy (non-hydrogen) atoms. The molecule has 1 aromatic heterocycles. The van der Waals surface area contributed by atoms with Crippen molar-refractivity contribution in [1.82, 2.24) is 4.90 Å². The summed E-state index contributed by atoms with van der Waals surface area (Å²) in [4.78, 5) is 13.2. The molecule has 0 fully saturated rings. The zero-order chi connectivity index (χ0) is 34.2. The third kappa shape index (κ3) is 5.27. The van der Waals surface area contributed by atoms with E-state index in [1.165, 1.54) is 42.4 Å². The van der Waals surface area contributed by atoms with E-state index in [2.05, 4.69) is 200 Å². The number of aliphatic imine (C=N–C) groups is 2. The van der Waals surface area contributed by atoms with E-state index in [-0.39, 0.29) is 6.17 Å². The van der Waals surface area contributed by atoms with Crippen LogP contribution in [-0.4, -0.2) is 23.6 Å². The van der Waals surface area contributed by atoms with Crippen molar-refractivity contribution in [2.24, 2.45) is 9.98 Å². The van der Waals surface area contributed by atoms with Gasteiger partial charge in [-0.1, -0.05) is 170 Å². The van der Waals surface area contributed by atoms with Gasteiger partial charge in [-0.2, -0.15) is 0 Å². The Morgan fingerprint density at radius 3 is 1.63 bits per heavy atom. The van der Waals surface area contributed by atoms with Crippen LogP contribution in [0.25, 0.3) is 20.2 Å². The Morgan fingerprint density at radius 2 is 1.04 bits per heavy atom. The zero-order valence-electron chi connectivity index (χ0n) is 28.2. The van der Waals surface area contributed by atoms with Crippen molar-refractivity contribution >= 4 is 43.2 Å². The smallest absolute Gasteiger partial charge is 0.160 e. The highest BCUT2D eigenvalue weighted by atomic mass is 32.1. The van der Waals surface area contributed by atoms with Crippen LogP contribution in [0.5, 0.6) is 0 Å². The molecule has 7 aromatic carbocycles. The lowest BCUT2D eigenvalue weighted by atomic mass is 9.65. The topological polar surface area (TPSA) is 28.0 Å². The predicted octanol–water partition coefficient (Wildman–Crippen LogP) is 11.3. The second-order valence-corrected chi connectivity index (χ2v) is 14.1. The van der Waals surface area contributed by atoms with Gasteiger partial charge in [-0.05, 0) is 46.0 Å². The monoisotopic (exact) mass is 673 g/mol. The van der Waals surface area contributed by atoms with Crippen molar-refractivity contribution in [3.05, 3.63) is 227 Å². The maximum atomic E-state index is 5.52. The molecule has 0 radical (unpaired) electrons. The maximum Gasteiger partial charge on any atom is 0.160 e. The Morgan fingerprint density at radius 1 is 0.529 bits per heavy atom. The van der Waals surface area contributed by atoms with Crippen LogP contribution in [0.1, 0.15) is 45.1 Å². The van der Waals surface area contributed by atoms with Crippen LogP contribution in [0.4, 0.5) is 0 Å². The van der Waals surface area contributed by atoms with Crippen LogP contribution >= 0.6 is 11.3 Å². The SMILES string of the molecule is CN1C(c2ccccc2)=NC(c2cc(C(c3ccccc3)(c3ccccc3)c3ccccc3)cc3sc4ccccc4c23)=NC1c1ccccc1. The average Bonchev–Trinajstić information content (AvgIpc) is 3.59. The van der Waals surface area contributed by atoms with E-state index in [1.807, 2.05) is 11.3 Å². The number of thiophene rings is 1. The molecule has 0 amide bonds. The van der Waals surface area contributed by atoms with Gasteiger partial charge in [0.05, 0.1) is 5.41 Å². The fourth-order valence-corrected chi connectivity index (χ4v) is 8.92. The molecule has 0 saturated carbocycles. The van der Waals surface area contributed by atoms with Gasteiger partial charge in [0.15, 0.2) is 5.84 Å². The summed E-state index contributed by atoms with van der Waals surface area (Å²) < 4.78 is 2.46. The summed E-state index contributed by atoms with van der Waals surface area (Å²) in [5.41, 5.74) is 7.39. The van der Waals surface area contributed by atoms with Crippen molar-refractivity contribution < 1.29 is 0 Å². The highest BCUT2D eigenvalue weighted by Crippen LogP contribution is 2.48. The Bertz CT molecular complexity index is 2430. The van der Waals surface area contributed by atoms with Crippen LogP contribution in [-0.2, 0) is 5.41 Å². The lowest BCUT2D eigenvalue weighted by Gasteiger charge is -2.37. The van der Waals surface area contributed by atoms with Gasteiger partial charge in [0.1, 0.15) is 12.0 Å². The first-order valence-electron chi connectivity index (χ1n) is 17.3. The average molecular weight is 674 g/mol. The van der Waals surface area contributed by atoms with Crippen molar-refractivity contribution in [2.45, 2.75) is 11.6 Å². The Kier molecular flexibility index (Phi) is 7.87. The first-order chi connectivity index (χ1) is 25.2. The molecular formula is C47H35N3S. The molecule has 1 unspecified atom stereocenters. The number of fused-ring (bicyclic) bond motifs is 3. The first kappa shape index (κ1) is 30.9. The summed E-state index contributed by atoms with van der Waals surface area (Å²) in [5, 5.41) is 2.41. The summed E-state index contributed by atoms with van der Waals surface area (Å²) >= 11 is 1.84. The molecule has 9 rings (SSSR count). The third-order valence-corrected chi connectivity index (χ3v) is 11.2. The van der Waals surface area contributed by atoms with E-state index in [0.717, 1.165) is 28.4 Å². The fraction of sp³-hybridized carbons (Fsp3) is 0.0638. The van der Waals surface area contributed by atoms with Gasteiger partial charge < -0.3 is 4.90 Å². The quantitative estimate of drug-likeness (QED) is 0.155. The van der Waals surface area contributed by atoms with E-state index < -0.39 is 5.41 Å². The number of amidine groups is 2. The van der Waals surface area contributed by atoms with Crippen molar-refractivity contribution in [2.75, 3.05) is 7.05 Å². The minimum absolute atomic E-state index is 0.250. The molecule has 1 aliphatic rings. The van der Waals surface area contributed by atoms with Crippen LogP contribution in [0.2, 0.25) is 0 Å². The fourth-order valence-electron chi connectivity index (χ4n) is 7.75. The molecule has 2 heterocycles. The number of hydrogen-bond donors (Lipinski definition) is 0.